The Labute approximate surface area is 91.6 Å². The highest BCUT2D eigenvalue weighted by molar-refractivity contribution is 5.81. The van der Waals surface area contributed by atoms with Gasteiger partial charge in [-0.15, -0.1) is 0 Å². The van der Waals surface area contributed by atoms with Gasteiger partial charge in [-0.05, 0) is 34.1 Å². The minimum atomic E-state index is -0.633. The van der Waals surface area contributed by atoms with Gasteiger partial charge in [-0.1, -0.05) is 0 Å². The van der Waals surface area contributed by atoms with E-state index >= 15 is 0 Å². The van der Waals surface area contributed by atoms with Crippen molar-refractivity contribution in [1.82, 2.24) is 10.2 Å². The first-order chi connectivity index (χ1) is 6.82. The van der Waals surface area contributed by atoms with Gasteiger partial charge in [-0.25, -0.2) is 0 Å². The summed E-state index contributed by atoms with van der Waals surface area (Å²) in [7, 11) is 0. The topological polar surface area (TPSA) is 52.6 Å². The summed E-state index contributed by atoms with van der Waals surface area (Å²) < 4.78 is 0. The van der Waals surface area contributed by atoms with E-state index in [1.807, 2.05) is 32.6 Å². The van der Waals surface area contributed by atoms with Crippen LogP contribution in [0.5, 0.6) is 0 Å². The van der Waals surface area contributed by atoms with Crippen LogP contribution in [0.1, 0.15) is 34.1 Å². The first kappa shape index (κ1) is 12.5. The second-order valence-electron chi connectivity index (χ2n) is 5.06. The molecule has 0 bridgehead atoms. The number of likely N-dealkylation sites (tertiary alicyclic amines) is 1. The molecule has 2 atom stereocenters. The summed E-state index contributed by atoms with van der Waals surface area (Å²) in [6, 6.07) is 0.0180. The Hall–Kier alpha value is -0.610. The first-order valence-electron chi connectivity index (χ1n) is 5.58. The number of aliphatic hydroxyl groups is 1. The van der Waals surface area contributed by atoms with Gasteiger partial charge in [-0.3, -0.25) is 9.69 Å². The Kier molecular flexibility index (Phi) is 3.73. The molecule has 0 aromatic carbocycles. The lowest BCUT2D eigenvalue weighted by Crippen LogP contribution is -2.47. The van der Waals surface area contributed by atoms with E-state index in [4.69, 9.17) is 0 Å². The highest BCUT2D eigenvalue weighted by Gasteiger charge is 2.35. The van der Waals surface area contributed by atoms with Gasteiger partial charge in [-0.2, -0.15) is 0 Å². The van der Waals surface area contributed by atoms with Gasteiger partial charge >= 0.3 is 0 Å². The van der Waals surface area contributed by atoms with Gasteiger partial charge in [0.15, 0.2) is 0 Å². The highest BCUT2D eigenvalue weighted by Crippen LogP contribution is 2.22. The second kappa shape index (κ2) is 4.49. The van der Waals surface area contributed by atoms with E-state index in [-0.39, 0.29) is 18.0 Å². The molecule has 0 radical (unpaired) electrons. The number of hydrogen-bond donors (Lipinski definition) is 2. The molecule has 0 aromatic rings. The zero-order valence-corrected chi connectivity index (χ0v) is 10.1. The molecule has 15 heavy (non-hydrogen) atoms. The zero-order valence-electron chi connectivity index (χ0n) is 10.1. The summed E-state index contributed by atoms with van der Waals surface area (Å²) in [6.07, 6.45) is 0.742. The van der Waals surface area contributed by atoms with E-state index < -0.39 is 5.60 Å². The molecule has 2 N–H and O–H groups in total. The Morgan fingerprint density at radius 2 is 2.07 bits per heavy atom. The third-order valence-corrected chi connectivity index (χ3v) is 2.84. The predicted octanol–water partition coefficient (Wildman–Crippen LogP) is 0.356. The third kappa shape index (κ3) is 3.47. The molecule has 0 spiro atoms. The average Bonchev–Trinajstić information content (AvgIpc) is 2.43. The van der Waals surface area contributed by atoms with Gasteiger partial charge in [0.25, 0.3) is 0 Å². The maximum atomic E-state index is 11.7. The molecule has 1 saturated heterocycles. The largest absolute Gasteiger partial charge is 0.389 e. The lowest BCUT2D eigenvalue weighted by Gasteiger charge is -2.25. The number of carbonyl (C=O) groups is 1. The predicted molar refractivity (Wildman–Crippen MR) is 59.6 cm³/mol. The van der Waals surface area contributed by atoms with Crippen molar-refractivity contribution in [3.05, 3.63) is 0 Å². The summed E-state index contributed by atoms with van der Waals surface area (Å²) in [5.74, 6) is 0.0442. The molecule has 4 heteroatoms. The fraction of sp³-hybridized carbons (Fsp3) is 0.909. The van der Waals surface area contributed by atoms with Crippen LogP contribution in [0.15, 0.2) is 0 Å². The van der Waals surface area contributed by atoms with Crippen LogP contribution < -0.4 is 5.32 Å². The van der Waals surface area contributed by atoms with Crippen LogP contribution in [0.25, 0.3) is 0 Å². The molecule has 0 aromatic heterocycles. The molecular weight excluding hydrogens is 192 g/mol. The summed E-state index contributed by atoms with van der Waals surface area (Å²) >= 11 is 0. The molecule has 1 heterocycles. The van der Waals surface area contributed by atoms with Crippen molar-refractivity contribution in [2.45, 2.75) is 51.8 Å². The van der Waals surface area contributed by atoms with Crippen LogP contribution in [0.4, 0.5) is 0 Å². The fourth-order valence-corrected chi connectivity index (χ4v) is 1.88. The van der Waals surface area contributed by atoms with E-state index in [0.29, 0.717) is 6.54 Å². The Balaban J connectivity index is 2.48. The second-order valence-corrected chi connectivity index (χ2v) is 5.06. The summed E-state index contributed by atoms with van der Waals surface area (Å²) in [6.45, 7) is 8.98. The van der Waals surface area contributed by atoms with Gasteiger partial charge in [0.05, 0.1) is 11.6 Å². The van der Waals surface area contributed by atoms with Crippen molar-refractivity contribution in [2.24, 2.45) is 0 Å². The van der Waals surface area contributed by atoms with Crippen molar-refractivity contribution < 1.29 is 9.90 Å². The molecule has 1 rings (SSSR count). The minimum Gasteiger partial charge on any atom is -0.389 e. The van der Waals surface area contributed by atoms with Gasteiger partial charge in [0, 0.05) is 19.1 Å². The van der Waals surface area contributed by atoms with Crippen LogP contribution in [0, 0.1) is 0 Å². The average molecular weight is 214 g/mol. The van der Waals surface area contributed by atoms with Crippen molar-refractivity contribution in [3.8, 4) is 0 Å². The zero-order chi connectivity index (χ0) is 11.6. The normalized spacial score (nSPS) is 29.5. The van der Waals surface area contributed by atoms with Crippen molar-refractivity contribution in [3.63, 3.8) is 0 Å². The molecule has 0 saturated carbocycles. The van der Waals surface area contributed by atoms with Crippen molar-refractivity contribution >= 4 is 5.91 Å². The molecule has 88 valence electrons. The standard InChI is InChI=1S/C11H22N2O2/c1-8(2)12-10(14)9(3)13-6-5-11(4,15)7-13/h8-9,15H,5-7H2,1-4H3,(H,12,14). The van der Waals surface area contributed by atoms with E-state index in [2.05, 4.69) is 5.32 Å². The Bertz CT molecular complexity index is 239. The number of carbonyl (C=O) groups excluding carboxylic acids is 1. The Morgan fingerprint density at radius 1 is 1.47 bits per heavy atom. The fourth-order valence-electron chi connectivity index (χ4n) is 1.88. The number of nitrogens with zero attached hydrogens (tertiary/aromatic N) is 1. The molecule has 0 aliphatic carbocycles. The van der Waals surface area contributed by atoms with Gasteiger partial charge < -0.3 is 10.4 Å². The minimum absolute atomic E-state index is 0.0442. The lowest BCUT2D eigenvalue weighted by atomic mass is 10.1. The SMILES string of the molecule is CC(C)NC(=O)C(C)N1CCC(C)(O)C1. The smallest absolute Gasteiger partial charge is 0.237 e. The number of hydrogen-bond acceptors (Lipinski definition) is 3. The molecular formula is C11H22N2O2. The maximum Gasteiger partial charge on any atom is 0.237 e. The monoisotopic (exact) mass is 214 g/mol. The van der Waals surface area contributed by atoms with Gasteiger partial charge in [0.1, 0.15) is 0 Å². The summed E-state index contributed by atoms with van der Waals surface area (Å²) in [5, 5.41) is 12.7. The highest BCUT2D eigenvalue weighted by atomic mass is 16.3. The van der Waals surface area contributed by atoms with Crippen molar-refractivity contribution in [2.75, 3.05) is 13.1 Å². The maximum absolute atomic E-state index is 11.7. The number of amides is 1. The molecule has 1 aliphatic rings. The van der Waals surface area contributed by atoms with Crippen LogP contribution in [0.2, 0.25) is 0 Å². The molecule has 2 unspecified atom stereocenters. The quantitative estimate of drug-likeness (QED) is 0.713. The van der Waals surface area contributed by atoms with E-state index in [1.165, 1.54) is 0 Å². The Morgan fingerprint density at radius 3 is 2.47 bits per heavy atom. The van der Waals surface area contributed by atoms with E-state index in [0.717, 1.165) is 13.0 Å². The van der Waals surface area contributed by atoms with Crippen LogP contribution in [-0.2, 0) is 4.79 Å². The third-order valence-electron chi connectivity index (χ3n) is 2.84. The molecule has 1 aliphatic heterocycles. The van der Waals surface area contributed by atoms with E-state index in [1.54, 1.807) is 0 Å². The number of rotatable bonds is 3. The molecule has 4 nitrogen and oxygen atoms in total. The summed E-state index contributed by atoms with van der Waals surface area (Å²) in [5.41, 5.74) is -0.633. The number of β-amino-alcohol motifs (C(OH)–C–C–N with tert-alkyl or cyclic N) is 1. The molecule has 1 fully saturated rings. The van der Waals surface area contributed by atoms with Crippen LogP contribution >= 0.6 is 0 Å². The van der Waals surface area contributed by atoms with Crippen LogP contribution in [-0.4, -0.2) is 46.7 Å². The van der Waals surface area contributed by atoms with E-state index in [9.17, 15) is 9.90 Å². The van der Waals surface area contributed by atoms with Crippen LogP contribution in [0.3, 0.4) is 0 Å². The molecule has 1 amide bonds. The first-order valence-corrected chi connectivity index (χ1v) is 5.58. The number of nitrogens with one attached hydrogen (secondary N) is 1. The lowest BCUT2D eigenvalue weighted by molar-refractivity contribution is -0.126. The van der Waals surface area contributed by atoms with Gasteiger partial charge in [0.2, 0.25) is 5.91 Å². The van der Waals surface area contributed by atoms with Crippen molar-refractivity contribution in [1.29, 1.82) is 0 Å². The summed E-state index contributed by atoms with van der Waals surface area (Å²) in [4.78, 5) is 13.7.